The first-order chi connectivity index (χ1) is 8.00. The zero-order valence-corrected chi connectivity index (χ0v) is 10.5. The first-order valence-electron chi connectivity index (χ1n) is 5.40. The van der Waals surface area contributed by atoms with E-state index in [1.165, 1.54) is 6.92 Å². The molecule has 0 spiro atoms. The van der Waals surface area contributed by atoms with Gasteiger partial charge < -0.3 is 15.5 Å². The molecule has 0 aliphatic carbocycles. The molecule has 0 aliphatic rings. The van der Waals surface area contributed by atoms with E-state index in [-0.39, 0.29) is 5.91 Å². The molecule has 0 fully saturated rings. The number of aliphatic hydroxyl groups is 2. The Morgan fingerprint density at radius 1 is 1.35 bits per heavy atom. The maximum Gasteiger partial charge on any atom is 0.216 e. The highest BCUT2D eigenvalue weighted by Crippen LogP contribution is 2.20. The number of amides is 1. The third kappa shape index (κ3) is 4.77. The Hall–Kier alpha value is -1.04. The molecule has 1 aromatic carbocycles. The van der Waals surface area contributed by atoms with Gasteiger partial charge in [-0.05, 0) is 24.1 Å². The molecule has 0 heterocycles. The maximum absolute atomic E-state index is 10.6. The van der Waals surface area contributed by atoms with Crippen LogP contribution in [-0.2, 0) is 4.79 Å². The summed E-state index contributed by atoms with van der Waals surface area (Å²) in [5.74, 6) is -0.147. The lowest BCUT2D eigenvalue weighted by atomic mass is 10.0. The monoisotopic (exact) mass is 255 g/mol. The van der Waals surface area contributed by atoms with Gasteiger partial charge in [0.15, 0.2) is 0 Å². The molecular weight excluding hydrogens is 238 g/mol. The van der Waals surface area contributed by atoms with Crippen molar-refractivity contribution in [2.75, 3.05) is 6.54 Å². The molecule has 17 heavy (non-hydrogen) atoms. The van der Waals surface area contributed by atoms with Crippen LogP contribution in [0.25, 0.3) is 0 Å². The van der Waals surface area contributed by atoms with E-state index in [1.54, 1.807) is 24.3 Å². The SMILES string of the molecule is CC(=O)NCCC(O)C(O)c1ccc(S)cc1. The number of aliphatic hydroxyl groups excluding tert-OH is 2. The Kier molecular flexibility index (Phi) is 5.47. The molecule has 3 N–H and O–H groups in total. The number of rotatable bonds is 5. The largest absolute Gasteiger partial charge is 0.390 e. The molecule has 1 rings (SSSR count). The van der Waals surface area contributed by atoms with Crippen molar-refractivity contribution in [2.24, 2.45) is 0 Å². The number of carbonyl (C=O) groups is 1. The van der Waals surface area contributed by atoms with Gasteiger partial charge in [0, 0.05) is 18.4 Å². The van der Waals surface area contributed by atoms with Crippen molar-refractivity contribution in [1.82, 2.24) is 5.32 Å². The number of carbonyl (C=O) groups excluding carboxylic acids is 1. The van der Waals surface area contributed by atoms with E-state index >= 15 is 0 Å². The first kappa shape index (κ1) is 14.0. The second-order valence-electron chi connectivity index (χ2n) is 3.88. The minimum Gasteiger partial charge on any atom is -0.390 e. The molecule has 5 heteroatoms. The second kappa shape index (κ2) is 6.64. The van der Waals surface area contributed by atoms with Crippen molar-refractivity contribution in [2.45, 2.75) is 30.4 Å². The van der Waals surface area contributed by atoms with Crippen LogP contribution in [-0.4, -0.2) is 28.8 Å². The molecule has 0 saturated heterocycles. The maximum atomic E-state index is 10.6. The summed E-state index contributed by atoms with van der Waals surface area (Å²) < 4.78 is 0. The van der Waals surface area contributed by atoms with Crippen molar-refractivity contribution in [3.8, 4) is 0 Å². The average molecular weight is 255 g/mol. The minimum atomic E-state index is -0.947. The third-order valence-electron chi connectivity index (χ3n) is 2.41. The van der Waals surface area contributed by atoms with Crippen LogP contribution in [0.2, 0.25) is 0 Å². The highest BCUT2D eigenvalue weighted by atomic mass is 32.1. The van der Waals surface area contributed by atoms with Crippen molar-refractivity contribution in [3.63, 3.8) is 0 Å². The fourth-order valence-corrected chi connectivity index (χ4v) is 1.60. The summed E-state index contributed by atoms with van der Waals surface area (Å²) in [7, 11) is 0. The molecule has 94 valence electrons. The van der Waals surface area contributed by atoms with Crippen LogP contribution in [0.5, 0.6) is 0 Å². The smallest absolute Gasteiger partial charge is 0.216 e. The van der Waals surface area contributed by atoms with E-state index in [0.717, 1.165) is 4.90 Å². The topological polar surface area (TPSA) is 69.6 Å². The molecule has 0 aliphatic heterocycles. The van der Waals surface area contributed by atoms with Gasteiger partial charge >= 0.3 is 0 Å². The van der Waals surface area contributed by atoms with Gasteiger partial charge in [0.1, 0.15) is 6.10 Å². The van der Waals surface area contributed by atoms with Crippen molar-refractivity contribution in [3.05, 3.63) is 29.8 Å². The summed E-state index contributed by atoms with van der Waals surface area (Å²) >= 11 is 4.14. The molecule has 0 radical (unpaired) electrons. The van der Waals surface area contributed by atoms with E-state index in [9.17, 15) is 15.0 Å². The minimum absolute atomic E-state index is 0.147. The molecular formula is C12H17NO3S. The highest BCUT2D eigenvalue weighted by Gasteiger charge is 2.17. The summed E-state index contributed by atoms with van der Waals surface area (Å²) in [6, 6.07) is 6.94. The van der Waals surface area contributed by atoms with Crippen LogP contribution in [0.15, 0.2) is 29.2 Å². The fraction of sp³-hybridized carbons (Fsp3) is 0.417. The lowest BCUT2D eigenvalue weighted by Crippen LogP contribution is -2.27. The number of thiol groups is 1. The Labute approximate surface area is 106 Å². The number of hydrogen-bond donors (Lipinski definition) is 4. The zero-order valence-electron chi connectivity index (χ0n) is 9.63. The van der Waals surface area contributed by atoms with Crippen LogP contribution in [0.4, 0.5) is 0 Å². The second-order valence-corrected chi connectivity index (χ2v) is 4.39. The Bertz CT molecular complexity index is 367. The molecule has 0 saturated carbocycles. The lowest BCUT2D eigenvalue weighted by Gasteiger charge is -2.18. The van der Waals surface area contributed by atoms with E-state index in [1.807, 2.05) is 0 Å². The van der Waals surface area contributed by atoms with E-state index < -0.39 is 12.2 Å². The van der Waals surface area contributed by atoms with Crippen molar-refractivity contribution < 1.29 is 15.0 Å². The molecule has 1 aromatic rings. The van der Waals surface area contributed by atoms with E-state index in [4.69, 9.17) is 0 Å². The van der Waals surface area contributed by atoms with Gasteiger partial charge in [0.05, 0.1) is 6.10 Å². The number of hydrogen-bond acceptors (Lipinski definition) is 4. The quantitative estimate of drug-likeness (QED) is 0.591. The van der Waals surface area contributed by atoms with E-state index in [0.29, 0.717) is 18.5 Å². The van der Waals surface area contributed by atoms with Gasteiger partial charge in [-0.25, -0.2) is 0 Å². The van der Waals surface area contributed by atoms with Gasteiger partial charge in [-0.15, -0.1) is 12.6 Å². The van der Waals surface area contributed by atoms with Gasteiger partial charge in [0.2, 0.25) is 5.91 Å². The normalized spacial score (nSPS) is 14.1. The fourth-order valence-electron chi connectivity index (χ4n) is 1.45. The molecule has 0 bridgehead atoms. The molecule has 2 atom stereocenters. The van der Waals surface area contributed by atoms with Crippen LogP contribution < -0.4 is 5.32 Å². The standard InChI is InChI=1S/C12H17NO3S/c1-8(14)13-7-6-11(15)12(16)9-2-4-10(17)5-3-9/h2-5,11-12,15-17H,6-7H2,1H3,(H,13,14). The Morgan fingerprint density at radius 3 is 2.47 bits per heavy atom. The predicted molar refractivity (Wildman–Crippen MR) is 68.0 cm³/mol. The lowest BCUT2D eigenvalue weighted by molar-refractivity contribution is -0.119. The van der Waals surface area contributed by atoms with Crippen molar-refractivity contribution >= 4 is 18.5 Å². The van der Waals surface area contributed by atoms with Crippen molar-refractivity contribution in [1.29, 1.82) is 0 Å². The summed E-state index contributed by atoms with van der Waals surface area (Å²) in [5, 5.41) is 22.2. The third-order valence-corrected chi connectivity index (χ3v) is 2.71. The highest BCUT2D eigenvalue weighted by molar-refractivity contribution is 7.80. The summed E-state index contributed by atoms with van der Waals surface area (Å²) in [6.07, 6.45) is -1.53. The van der Waals surface area contributed by atoms with Crippen LogP contribution in [0, 0.1) is 0 Å². The Morgan fingerprint density at radius 2 is 1.94 bits per heavy atom. The first-order valence-corrected chi connectivity index (χ1v) is 5.85. The predicted octanol–water partition coefficient (Wildman–Crippen LogP) is 0.896. The number of nitrogens with one attached hydrogen (secondary N) is 1. The molecule has 1 amide bonds. The van der Waals surface area contributed by atoms with Crippen LogP contribution in [0.1, 0.15) is 25.0 Å². The molecule has 4 nitrogen and oxygen atoms in total. The van der Waals surface area contributed by atoms with Gasteiger partial charge in [0.25, 0.3) is 0 Å². The van der Waals surface area contributed by atoms with E-state index in [2.05, 4.69) is 17.9 Å². The van der Waals surface area contributed by atoms with Crippen LogP contribution in [0.3, 0.4) is 0 Å². The Balaban J connectivity index is 2.48. The van der Waals surface area contributed by atoms with Gasteiger partial charge in [-0.3, -0.25) is 4.79 Å². The summed E-state index contributed by atoms with van der Waals surface area (Å²) in [4.78, 5) is 11.4. The summed E-state index contributed by atoms with van der Waals surface area (Å²) in [5.41, 5.74) is 0.637. The molecule has 2 unspecified atom stereocenters. The zero-order chi connectivity index (χ0) is 12.8. The number of benzene rings is 1. The van der Waals surface area contributed by atoms with Gasteiger partial charge in [-0.2, -0.15) is 0 Å². The molecule has 0 aromatic heterocycles. The van der Waals surface area contributed by atoms with Gasteiger partial charge in [-0.1, -0.05) is 12.1 Å². The van der Waals surface area contributed by atoms with Crippen LogP contribution >= 0.6 is 12.6 Å². The summed E-state index contributed by atoms with van der Waals surface area (Å²) in [6.45, 7) is 1.76. The average Bonchev–Trinajstić information content (AvgIpc) is 2.28.